The zero-order chi connectivity index (χ0) is 20.8. The molecule has 0 bridgehead atoms. The van der Waals surface area contributed by atoms with Crippen LogP contribution in [0.1, 0.15) is 11.1 Å². The number of sulfonamides is 1. The van der Waals surface area contributed by atoms with Crippen LogP contribution in [-0.4, -0.2) is 27.8 Å². The smallest absolute Gasteiger partial charge is 0.406 e. The molecular weight excluding hydrogens is 397 g/mol. The van der Waals surface area contributed by atoms with E-state index >= 15 is 0 Å². The van der Waals surface area contributed by atoms with Gasteiger partial charge in [0, 0.05) is 6.54 Å². The van der Waals surface area contributed by atoms with Crippen LogP contribution < -0.4 is 20.5 Å². The molecule has 0 aliphatic rings. The minimum atomic E-state index is -4.73. The van der Waals surface area contributed by atoms with Crippen LogP contribution in [0.4, 0.5) is 13.2 Å². The van der Waals surface area contributed by atoms with Crippen LogP contribution in [0.25, 0.3) is 0 Å². The van der Waals surface area contributed by atoms with Gasteiger partial charge in [0.15, 0.2) is 5.96 Å². The Hall–Kier alpha value is -2.79. The predicted molar refractivity (Wildman–Crippen MR) is 98.0 cm³/mol. The van der Waals surface area contributed by atoms with E-state index in [1.165, 1.54) is 43.4 Å². The minimum Gasteiger partial charge on any atom is -0.406 e. The second-order valence-corrected chi connectivity index (χ2v) is 7.48. The number of hydrogen-bond donors (Lipinski definition) is 3. The number of guanidine groups is 1. The van der Waals surface area contributed by atoms with Gasteiger partial charge in [-0.3, -0.25) is 0 Å². The number of hydrogen-bond acceptors (Lipinski definition) is 4. The van der Waals surface area contributed by atoms with Crippen LogP contribution in [0.2, 0.25) is 0 Å². The lowest BCUT2D eigenvalue weighted by atomic mass is 10.2. The topological polar surface area (TPSA) is 106 Å². The highest BCUT2D eigenvalue weighted by atomic mass is 32.2. The van der Waals surface area contributed by atoms with Crippen LogP contribution >= 0.6 is 0 Å². The van der Waals surface area contributed by atoms with Crippen molar-refractivity contribution in [3.63, 3.8) is 0 Å². The number of benzene rings is 2. The normalized spacial score (nSPS) is 12.6. The van der Waals surface area contributed by atoms with E-state index in [-0.39, 0.29) is 23.1 Å². The highest BCUT2D eigenvalue weighted by Gasteiger charge is 2.30. The first-order valence-corrected chi connectivity index (χ1v) is 9.48. The van der Waals surface area contributed by atoms with Crippen molar-refractivity contribution in [3.05, 3.63) is 59.7 Å². The molecular formula is C17H19F3N4O3S. The summed E-state index contributed by atoms with van der Waals surface area (Å²) in [4.78, 5) is 4.25. The van der Waals surface area contributed by atoms with Gasteiger partial charge in [0.1, 0.15) is 5.75 Å². The number of alkyl halides is 3. The number of ether oxygens (including phenoxy) is 1. The molecule has 2 aromatic carbocycles. The van der Waals surface area contributed by atoms with Crippen molar-refractivity contribution >= 4 is 16.0 Å². The molecule has 0 fully saturated rings. The average molecular weight is 416 g/mol. The number of nitrogens with zero attached hydrogens (tertiary/aromatic N) is 1. The Labute approximate surface area is 160 Å². The summed E-state index contributed by atoms with van der Waals surface area (Å²) in [7, 11) is -2.16. The molecule has 2 rings (SSSR count). The third-order valence-electron chi connectivity index (χ3n) is 3.56. The molecule has 0 aliphatic heterocycles. The Balaban J connectivity index is 1.87. The molecule has 0 amide bonds. The van der Waals surface area contributed by atoms with Gasteiger partial charge >= 0.3 is 6.36 Å². The van der Waals surface area contributed by atoms with Crippen LogP contribution in [-0.2, 0) is 23.1 Å². The van der Waals surface area contributed by atoms with Gasteiger partial charge in [-0.15, -0.1) is 13.2 Å². The molecule has 0 spiro atoms. The fraction of sp³-hybridized carbons (Fsp3) is 0.235. The van der Waals surface area contributed by atoms with Gasteiger partial charge in [0.05, 0.1) is 11.4 Å². The molecule has 0 aliphatic carbocycles. The van der Waals surface area contributed by atoms with Crippen molar-refractivity contribution in [1.29, 1.82) is 0 Å². The molecule has 28 heavy (non-hydrogen) atoms. The largest absolute Gasteiger partial charge is 0.573 e. The third kappa shape index (κ3) is 6.74. The quantitative estimate of drug-likeness (QED) is 0.474. The number of nitrogens with one attached hydrogen (secondary N) is 2. The molecule has 0 atom stereocenters. The maximum Gasteiger partial charge on any atom is 0.573 e. The lowest BCUT2D eigenvalue weighted by Crippen LogP contribution is -2.31. The van der Waals surface area contributed by atoms with E-state index in [0.29, 0.717) is 12.1 Å². The predicted octanol–water partition coefficient (Wildman–Crippen LogP) is 2.10. The number of nitrogens with two attached hydrogens (primary N) is 1. The summed E-state index contributed by atoms with van der Waals surface area (Å²) in [6.07, 6.45) is -4.73. The van der Waals surface area contributed by atoms with E-state index in [2.05, 4.69) is 19.8 Å². The molecule has 0 unspecified atom stereocenters. The number of aliphatic imine (C=N–C) groups is 1. The SMILES string of the molecule is CNS(=O)(=O)c1ccc(CNC(N)=NCc2ccc(OC(F)(F)F)cc2)cc1. The maximum atomic E-state index is 12.1. The summed E-state index contributed by atoms with van der Waals surface area (Å²) in [5, 5.41) is 2.87. The second kappa shape index (κ2) is 8.93. The van der Waals surface area contributed by atoms with E-state index in [9.17, 15) is 21.6 Å². The van der Waals surface area contributed by atoms with Gasteiger partial charge < -0.3 is 15.8 Å². The Morgan fingerprint density at radius 3 is 2.18 bits per heavy atom. The lowest BCUT2D eigenvalue weighted by Gasteiger charge is -2.09. The van der Waals surface area contributed by atoms with E-state index in [1.54, 1.807) is 12.1 Å². The zero-order valence-corrected chi connectivity index (χ0v) is 15.6. The molecule has 7 nitrogen and oxygen atoms in total. The number of rotatable bonds is 7. The first kappa shape index (κ1) is 21.5. The van der Waals surface area contributed by atoms with Gasteiger partial charge in [-0.1, -0.05) is 24.3 Å². The molecule has 152 valence electrons. The highest BCUT2D eigenvalue weighted by molar-refractivity contribution is 7.89. The molecule has 0 heterocycles. The van der Waals surface area contributed by atoms with Crippen molar-refractivity contribution in [1.82, 2.24) is 10.0 Å². The van der Waals surface area contributed by atoms with Crippen molar-refractivity contribution in [2.75, 3.05) is 7.05 Å². The van der Waals surface area contributed by atoms with Crippen LogP contribution in [0.15, 0.2) is 58.4 Å². The molecule has 0 radical (unpaired) electrons. The van der Waals surface area contributed by atoms with E-state index in [4.69, 9.17) is 5.73 Å². The Morgan fingerprint density at radius 1 is 1.07 bits per heavy atom. The Morgan fingerprint density at radius 2 is 1.64 bits per heavy atom. The molecule has 0 aromatic heterocycles. The van der Waals surface area contributed by atoms with E-state index in [0.717, 1.165) is 5.56 Å². The van der Waals surface area contributed by atoms with Crippen molar-refractivity contribution in [3.8, 4) is 5.75 Å². The highest BCUT2D eigenvalue weighted by Crippen LogP contribution is 2.22. The first-order valence-electron chi connectivity index (χ1n) is 8.00. The molecule has 11 heteroatoms. The minimum absolute atomic E-state index is 0.141. The molecule has 2 aromatic rings. The van der Waals surface area contributed by atoms with Crippen LogP contribution in [0.3, 0.4) is 0 Å². The molecule has 0 saturated heterocycles. The molecule has 0 saturated carbocycles. The van der Waals surface area contributed by atoms with Gasteiger partial charge in [-0.05, 0) is 42.4 Å². The molecule has 4 N–H and O–H groups in total. The monoisotopic (exact) mass is 416 g/mol. The number of halogens is 3. The zero-order valence-electron chi connectivity index (χ0n) is 14.8. The van der Waals surface area contributed by atoms with Crippen molar-refractivity contribution < 1.29 is 26.3 Å². The standard InChI is InChI=1S/C17H19F3N4O3S/c1-22-28(25,26)15-8-4-13(5-9-15)11-24-16(21)23-10-12-2-6-14(7-3-12)27-17(18,19)20/h2-9,22H,10-11H2,1H3,(H3,21,23,24). The average Bonchev–Trinajstić information content (AvgIpc) is 2.65. The summed E-state index contributed by atoms with van der Waals surface area (Å²) in [6.45, 7) is 0.498. The van der Waals surface area contributed by atoms with E-state index < -0.39 is 16.4 Å². The van der Waals surface area contributed by atoms with Crippen molar-refractivity contribution in [2.45, 2.75) is 24.3 Å². The lowest BCUT2D eigenvalue weighted by molar-refractivity contribution is -0.274. The van der Waals surface area contributed by atoms with Gasteiger partial charge in [-0.25, -0.2) is 18.1 Å². The Kier molecular flexibility index (Phi) is 6.86. The summed E-state index contributed by atoms with van der Waals surface area (Å²) in [6, 6.07) is 11.5. The van der Waals surface area contributed by atoms with Gasteiger partial charge in [0.2, 0.25) is 10.0 Å². The summed E-state index contributed by atoms with van der Waals surface area (Å²) in [5.41, 5.74) is 7.21. The van der Waals surface area contributed by atoms with E-state index in [1.807, 2.05) is 0 Å². The Bertz CT molecular complexity index is 912. The van der Waals surface area contributed by atoms with Crippen LogP contribution in [0, 0.1) is 0 Å². The summed E-state index contributed by atoms with van der Waals surface area (Å²) >= 11 is 0. The van der Waals surface area contributed by atoms with Gasteiger partial charge in [-0.2, -0.15) is 0 Å². The summed E-state index contributed by atoms with van der Waals surface area (Å²) < 4.78 is 65.7. The van der Waals surface area contributed by atoms with Crippen molar-refractivity contribution in [2.24, 2.45) is 10.7 Å². The fourth-order valence-electron chi connectivity index (χ4n) is 2.13. The maximum absolute atomic E-state index is 12.1. The first-order chi connectivity index (χ1) is 13.1. The fourth-order valence-corrected chi connectivity index (χ4v) is 2.86. The second-order valence-electron chi connectivity index (χ2n) is 5.60. The third-order valence-corrected chi connectivity index (χ3v) is 5.00. The van der Waals surface area contributed by atoms with Gasteiger partial charge in [0.25, 0.3) is 0 Å². The summed E-state index contributed by atoms with van der Waals surface area (Å²) in [5.74, 6) is -0.169. The van der Waals surface area contributed by atoms with Crippen LogP contribution in [0.5, 0.6) is 5.75 Å².